The molecule has 0 aromatic heterocycles. The molecule has 0 radical (unpaired) electrons. The van der Waals surface area contributed by atoms with Gasteiger partial charge in [-0.2, -0.15) is 4.31 Å². The molecule has 32 heavy (non-hydrogen) atoms. The number of benzene rings is 2. The Morgan fingerprint density at radius 1 is 0.906 bits per heavy atom. The summed E-state index contributed by atoms with van der Waals surface area (Å²) in [5.74, 6) is -1.03. The summed E-state index contributed by atoms with van der Waals surface area (Å²) in [6.45, 7) is 7.11. The van der Waals surface area contributed by atoms with Gasteiger partial charge < -0.3 is 0 Å². The summed E-state index contributed by atoms with van der Waals surface area (Å²) in [6, 6.07) is 13.1. The van der Waals surface area contributed by atoms with Gasteiger partial charge in [-0.15, -0.1) is 0 Å². The first-order chi connectivity index (χ1) is 15.3. The van der Waals surface area contributed by atoms with E-state index in [4.69, 9.17) is 0 Å². The maximum atomic E-state index is 12.7. The summed E-state index contributed by atoms with van der Waals surface area (Å²) < 4.78 is 26.7. The number of hydrogen-bond donors (Lipinski definition) is 2. The van der Waals surface area contributed by atoms with Gasteiger partial charge in [0, 0.05) is 30.8 Å². The van der Waals surface area contributed by atoms with Crippen LogP contribution in [0.3, 0.4) is 0 Å². The van der Waals surface area contributed by atoms with Gasteiger partial charge in [0.15, 0.2) is 0 Å². The molecule has 1 saturated heterocycles. The highest BCUT2D eigenvalue weighted by Gasteiger charge is 2.22. The lowest BCUT2D eigenvalue weighted by Crippen LogP contribution is -2.41. The molecule has 2 amide bonds. The van der Waals surface area contributed by atoms with Crippen molar-refractivity contribution in [1.29, 1.82) is 0 Å². The number of hydrazine groups is 1. The zero-order valence-corrected chi connectivity index (χ0v) is 19.3. The summed E-state index contributed by atoms with van der Waals surface area (Å²) in [7, 11) is -3.68. The molecule has 0 unspecified atom stereocenters. The predicted octanol–water partition coefficient (Wildman–Crippen LogP) is 2.39. The van der Waals surface area contributed by atoms with E-state index in [9.17, 15) is 18.0 Å². The Morgan fingerprint density at radius 3 is 2.06 bits per heavy atom. The number of nitrogens with one attached hydrogen (secondary N) is 2. The lowest BCUT2D eigenvalue weighted by Gasteiger charge is -2.18. The molecule has 0 saturated carbocycles. The van der Waals surface area contributed by atoms with E-state index in [1.165, 1.54) is 41.4 Å². The SMILES string of the molecule is CCN(CC)S(=O)(=O)c1cccc(C(=O)NNC(=O)c2cccc(CN3CCCC3)c2)c1. The fraction of sp³-hybridized carbons (Fsp3) is 0.391. The molecule has 8 nitrogen and oxygen atoms in total. The highest BCUT2D eigenvalue weighted by Crippen LogP contribution is 2.17. The number of likely N-dealkylation sites (tertiary alicyclic amines) is 1. The van der Waals surface area contributed by atoms with Gasteiger partial charge in [-0.05, 0) is 61.8 Å². The van der Waals surface area contributed by atoms with Crippen LogP contribution < -0.4 is 10.9 Å². The van der Waals surface area contributed by atoms with Crippen LogP contribution in [0.2, 0.25) is 0 Å². The second kappa shape index (κ2) is 10.7. The van der Waals surface area contributed by atoms with Crippen LogP contribution in [0.4, 0.5) is 0 Å². The van der Waals surface area contributed by atoms with Crippen molar-refractivity contribution in [3.63, 3.8) is 0 Å². The molecule has 9 heteroatoms. The van der Waals surface area contributed by atoms with Crippen LogP contribution in [-0.2, 0) is 16.6 Å². The van der Waals surface area contributed by atoms with Crippen molar-refractivity contribution >= 4 is 21.8 Å². The molecule has 0 bridgehead atoms. The summed E-state index contributed by atoms with van der Waals surface area (Å²) in [4.78, 5) is 27.4. The number of nitrogens with zero attached hydrogens (tertiary/aromatic N) is 2. The van der Waals surface area contributed by atoms with Crippen molar-refractivity contribution in [2.24, 2.45) is 0 Å². The Hall–Kier alpha value is -2.75. The summed E-state index contributed by atoms with van der Waals surface area (Å²) in [5.41, 5.74) is 6.40. The highest BCUT2D eigenvalue weighted by molar-refractivity contribution is 7.89. The van der Waals surface area contributed by atoms with E-state index in [1.54, 1.807) is 19.9 Å². The number of rotatable bonds is 8. The van der Waals surface area contributed by atoms with E-state index >= 15 is 0 Å². The Morgan fingerprint density at radius 2 is 1.47 bits per heavy atom. The van der Waals surface area contributed by atoms with Crippen molar-refractivity contribution in [1.82, 2.24) is 20.1 Å². The third-order valence-electron chi connectivity index (χ3n) is 5.52. The second-order valence-corrected chi connectivity index (χ2v) is 9.65. The van der Waals surface area contributed by atoms with Gasteiger partial charge in [0.2, 0.25) is 10.0 Å². The smallest absolute Gasteiger partial charge is 0.269 e. The topological polar surface area (TPSA) is 98.8 Å². The second-order valence-electron chi connectivity index (χ2n) is 7.71. The van der Waals surface area contributed by atoms with E-state index in [2.05, 4.69) is 15.8 Å². The molecule has 0 atom stereocenters. The van der Waals surface area contributed by atoms with Crippen LogP contribution in [0.25, 0.3) is 0 Å². The van der Waals surface area contributed by atoms with Crippen LogP contribution in [-0.4, -0.2) is 55.6 Å². The molecular weight excluding hydrogens is 428 g/mol. The normalized spacial score (nSPS) is 14.5. The molecule has 0 spiro atoms. The molecule has 2 N–H and O–H groups in total. The van der Waals surface area contributed by atoms with Crippen molar-refractivity contribution in [2.75, 3.05) is 26.2 Å². The molecule has 2 aromatic rings. The third kappa shape index (κ3) is 5.73. The summed E-state index contributed by atoms with van der Waals surface area (Å²) >= 11 is 0. The first kappa shape index (κ1) is 23.9. The van der Waals surface area contributed by atoms with Crippen molar-refractivity contribution < 1.29 is 18.0 Å². The van der Waals surface area contributed by atoms with Gasteiger partial charge in [-0.3, -0.25) is 25.3 Å². The minimum atomic E-state index is -3.68. The number of carbonyl (C=O) groups is 2. The molecule has 1 fully saturated rings. The standard InChI is InChI=1S/C23H30N4O4S/c1-3-27(4-2)32(30,31)21-12-8-11-20(16-21)23(29)25-24-22(28)19-10-7-9-18(15-19)17-26-13-5-6-14-26/h7-12,15-16H,3-6,13-14,17H2,1-2H3,(H,24,28)(H,25,29). The van der Waals surface area contributed by atoms with Gasteiger partial charge in [-0.1, -0.05) is 32.0 Å². The van der Waals surface area contributed by atoms with Crippen molar-refractivity contribution in [3.05, 3.63) is 65.2 Å². The highest BCUT2D eigenvalue weighted by atomic mass is 32.2. The van der Waals surface area contributed by atoms with Crippen molar-refractivity contribution in [3.8, 4) is 0 Å². The first-order valence-electron chi connectivity index (χ1n) is 10.9. The van der Waals surface area contributed by atoms with E-state index in [-0.39, 0.29) is 10.5 Å². The summed E-state index contributed by atoms with van der Waals surface area (Å²) in [5, 5.41) is 0. The van der Waals surface area contributed by atoms with E-state index in [0.29, 0.717) is 18.7 Å². The van der Waals surface area contributed by atoms with E-state index in [1.807, 2.05) is 18.2 Å². The lowest BCUT2D eigenvalue weighted by atomic mass is 10.1. The number of carbonyl (C=O) groups excluding carboxylic acids is 2. The Bertz CT molecular complexity index is 1060. The lowest BCUT2D eigenvalue weighted by molar-refractivity contribution is 0.0846. The largest absolute Gasteiger partial charge is 0.299 e. The average molecular weight is 459 g/mol. The minimum Gasteiger partial charge on any atom is -0.299 e. The maximum absolute atomic E-state index is 12.7. The number of hydrogen-bond acceptors (Lipinski definition) is 5. The molecule has 1 heterocycles. The van der Waals surface area contributed by atoms with Crippen LogP contribution in [0.5, 0.6) is 0 Å². The van der Waals surface area contributed by atoms with Crippen molar-refractivity contribution in [2.45, 2.75) is 38.1 Å². The zero-order chi connectivity index (χ0) is 23.1. The molecule has 3 rings (SSSR count). The molecular formula is C23H30N4O4S. The van der Waals surface area contributed by atoms with Gasteiger partial charge in [0.25, 0.3) is 11.8 Å². The predicted molar refractivity (Wildman–Crippen MR) is 122 cm³/mol. The monoisotopic (exact) mass is 458 g/mol. The van der Waals surface area contributed by atoms with Crippen LogP contribution in [0.15, 0.2) is 53.4 Å². The number of sulfonamides is 1. The van der Waals surface area contributed by atoms with E-state index in [0.717, 1.165) is 25.2 Å². The third-order valence-corrected chi connectivity index (χ3v) is 7.57. The average Bonchev–Trinajstić information content (AvgIpc) is 3.31. The molecule has 2 aromatic carbocycles. The van der Waals surface area contributed by atoms with Gasteiger partial charge in [-0.25, -0.2) is 8.42 Å². The van der Waals surface area contributed by atoms with Gasteiger partial charge in [0.1, 0.15) is 0 Å². The molecule has 0 aliphatic carbocycles. The van der Waals surface area contributed by atoms with Gasteiger partial charge >= 0.3 is 0 Å². The maximum Gasteiger partial charge on any atom is 0.269 e. The molecule has 1 aliphatic heterocycles. The molecule has 1 aliphatic rings. The minimum absolute atomic E-state index is 0.0368. The Kier molecular flexibility index (Phi) is 8.00. The van der Waals surface area contributed by atoms with Gasteiger partial charge in [0.05, 0.1) is 4.90 Å². The number of amides is 2. The van der Waals surface area contributed by atoms with Crippen LogP contribution in [0, 0.1) is 0 Å². The molecule has 172 valence electrons. The first-order valence-corrected chi connectivity index (χ1v) is 12.3. The summed E-state index contributed by atoms with van der Waals surface area (Å²) in [6.07, 6.45) is 2.40. The fourth-order valence-electron chi connectivity index (χ4n) is 3.78. The van der Waals surface area contributed by atoms with E-state index < -0.39 is 21.8 Å². The Labute approximate surface area is 189 Å². The fourth-order valence-corrected chi connectivity index (χ4v) is 5.28. The van der Waals surface area contributed by atoms with Crippen LogP contribution >= 0.6 is 0 Å². The Balaban J connectivity index is 1.64. The van der Waals surface area contributed by atoms with Crippen LogP contribution in [0.1, 0.15) is 53.0 Å². The zero-order valence-electron chi connectivity index (χ0n) is 18.5. The quantitative estimate of drug-likeness (QED) is 0.592.